The van der Waals surface area contributed by atoms with Crippen molar-refractivity contribution in [3.8, 4) is 11.4 Å². The summed E-state index contributed by atoms with van der Waals surface area (Å²) in [6, 6.07) is 6.71. The molecule has 2 aromatic rings. The number of carbonyl (C=O) groups excluding carboxylic acids is 1. The van der Waals surface area contributed by atoms with E-state index in [1.807, 2.05) is 18.0 Å². The molecule has 2 amide bonds. The number of urea groups is 1. The molecule has 1 unspecified atom stereocenters. The van der Waals surface area contributed by atoms with Crippen molar-refractivity contribution in [2.75, 3.05) is 7.05 Å². The van der Waals surface area contributed by atoms with Crippen LogP contribution in [0.2, 0.25) is 0 Å². The van der Waals surface area contributed by atoms with Gasteiger partial charge in [0, 0.05) is 25.6 Å². The number of aromatic nitrogens is 2. The van der Waals surface area contributed by atoms with E-state index in [-0.39, 0.29) is 12.1 Å². The first-order valence-electron chi connectivity index (χ1n) is 8.98. The van der Waals surface area contributed by atoms with Gasteiger partial charge >= 0.3 is 6.03 Å². The number of aryl methyl sites for hydroxylation is 2. The smallest absolute Gasteiger partial charge is 0.317 e. The second-order valence-corrected chi connectivity index (χ2v) is 7.43. The predicted molar refractivity (Wildman–Crippen MR) is 94.0 cm³/mol. The Bertz CT molecular complexity index is 794. The minimum atomic E-state index is 0.0348. The van der Waals surface area contributed by atoms with E-state index in [1.54, 1.807) is 6.92 Å². The van der Waals surface area contributed by atoms with Crippen molar-refractivity contribution in [3.05, 3.63) is 35.2 Å². The SMILES string of the molecule is Cc1nc(-c2ccc3c(c2)CCC3NC(=O)N(C)C2CC(C)C2)no1. The lowest BCUT2D eigenvalue weighted by atomic mass is 9.81. The van der Waals surface area contributed by atoms with Gasteiger partial charge in [0.15, 0.2) is 0 Å². The lowest BCUT2D eigenvalue weighted by molar-refractivity contribution is 0.122. The van der Waals surface area contributed by atoms with Gasteiger partial charge < -0.3 is 14.7 Å². The summed E-state index contributed by atoms with van der Waals surface area (Å²) in [5.74, 6) is 1.92. The second kappa shape index (κ2) is 6.17. The zero-order chi connectivity index (χ0) is 17.6. The molecule has 1 fully saturated rings. The van der Waals surface area contributed by atoms with Crippen LogP contribution in [0, 0.1) is 12.8 Å². The Kier molecular flexibility index (Phi) is 3.98. The van der Waals surface area contributed by atoms with Gasteiger partial charge in [-0.2, -0.15) is 4.98 Å². The molecule has 2 aliphatic carbocycles. The molecule has 1 N–H and O–H groups in total. The van der Waals surface area contributed by atoms with E-state index in [2.05, 4.69) is 34.5 Å². The van der Waals surface area contributed by atoms with Gasteiger partial charge in [0.2, 0.25) is 11.7 Å². The first kappa shape index (κ1) is 16.1. The van der Waals surface area contributed by atoms with Crippen molar-refractivity contribution in [1.82, 2.24) is 20.4 Å². The standard InChI is InChI=1S/C19H24N4O2/c1-11-8-15(9-11)23(3)19(24)21-17-7-5-13-10-14(4-6-16(13)17)18-20-12(2)25-22-18/h4,6,10-11,15,17H,5,7-9H2,1-3H3,(H,21,24). The van der Waals surface area contributed by atoms with Crippen LogP contribution in [0.5, 0.6) is 0 Å². The Balaban J connectivity index is 1.46. The van der Waals surface area contributed by atoms with Crippen LogP contribution >= 0.6 is 0 Å². The largest absolute Gasteiger partial charge is 0.339 e. The molecule has 0 bridgehead atoms. The Morgan fingerprint density at radius 3 is 2.84 bits per heavy atom. The van der Waals surface area contributed by atoms with Gasteiger partial charge in [0.25, 0.3) is 0 Å². The molecule has 0 saturated heterocycles. The Hall–Kier alpha value is -2.37. The summed E-state index contributed by atoms with van der Waals surface area (Å²) in [6.07, 6.45) is 4.11. The lowest BCUT2D eigenvalue weighted by Crippen LogP contribution is -2.49. The van der Waals surface area contributed by atoms with Crippen molar-refractivity contribution in [2.45, 2.75) is 51.6 Å². The second-order valence-electron chi connectivity index (χ2n) is 7.43. The summed E-state index contributed by atoms with van der Waals surface area (Å²) in [5, 5.41) is 7.18. The summed E-state index contributed by atoms with van der Waals surface area (Å²) >= 11 is 0. The highest BCUT2D eigenvalue weighted by molar-refractivity contribution is 5.75. The molecule has 1 saturated carbocycles. The third-order valence-electron chi connectivity index (χ3n) is 5.52. The average Bonchev–Trinajstić information content (AvgIpc) is 3.17. The summed E-state index contributed by atoms with van der Waals surface area (Å²) in [6.45, 7) is 4.02. The highest BCUT2D eigenvalue weighted by atomic mass is 16.5. The summed E-state index contributed by atoms with van der Waals surface area (Å²) in [7, 11) is 1.91. The van der Waals surface area contributed by atoms with E-state index < -0.39 is 0 Å². The van der Waals surface area contributed by atoms with Crippen LogP contribution in [-0.2, 0) is 6.42 Å². The van der Waals surface area contributed by atoms with Gasteiger partial charge in [-0.3, -0.25) is 0 Å². The molecule has 6 heteroatoms. The highest BCUT2D eigenvalue weighted by Gasteiger charge is 2.33. The topological polar surface area (TPSA) is 71.3 Å². The molecule has 0 radical (unpaired) electrons. The third-order valence-corrected chi connectivity index (χ3v) is 5.52. The number of nitrogens with zero attached hydrogens (tertiary/aromatic N) is 3. The van der Waals surface area contributed by atoms with Gasteiger partial charge in [-0.05, 0) is 48.8 Å². The van der Waals surface area contributed by atoms with Gasteiger partial charge in [-0.15, -0.1) is 0 Å². The molecule has 1 atom stereocenters. The lowest BCUT2D eigenvalue weighted by Gasteiger charge is -2.39. The number of amides is 2. The van der Waals surface area contributed by atoms with Crippen LogP contribution < -0.4 is 5.32 Å². The van der Waals surface area contributed by atoms with Gasteiger partial charge in [-0.1, -0.05) is 24.2 Å². The molecule has 6 nitrogen and oxygen atoms in total. The fourth-order valence-corrected chi connectivity index (χ4v) is 3.92. The number of hydrogen-bond acceptors (Lipinski definition) is 4. The maximum absolute atomic E-state index is 12.5. The van der Waals surface area contributed by atoms with Crippen LogP contribution in [0.15, 0.2) is 22.7 Å². The van der Waals surface area contributed by atoms with Crippen molar-refractivity contribution < 1.29 is 9.32 Å². The monoisotopic (exact) mass is 340 g/mol. The van der Waals surface area contributed by atoms with Crippen LogP contribution in [0.3, 0.4) is 0 Å². The Labute approximate surface area is 147 Å². The number of hydrogen-bond donors (Lipinski definition) is 1. The molecule has 2 aliphatic rings. The van der Waals surface area contributed by atoms with E-state index in [4.69, 9.17) is 4.52 Å². The van der Waals surface area contributed by atoms with Gasteiger partial charge in [-0.25, -0.2) is 4.79 Å². The fraction of sp³-hybridized carbons (Fsp3) is 0.526. The van der Waals surface area contributed by atoms with Crippen LogP contribution in [0.1, 0.15) is 49.2 Å². The first-order chi connectivity index (χ1) is 12.0. The molecule has 25 heavy (non-hydrogen) atoms. The fourth-order valence-electron chi connectivity index (χ4n) is 3.92. The normalized spacial score (nSPS) is 24.5. The van der Waals surface area contributed by atoms with Crippen LogP contribution in [-0.4, -0.2) is 34.2 Å². The van der Waals surface area contributed by atoms with E-state index in [0.29, 0.717) is 17.8 Å². The summed E-state index contributed by atoms with van der Waals surface area (Å²) < 4.78 is 5.06. The maximum atomic E-state index is 12.5. The number of fused-ring (bicyclic) bond motifs is 1. The molecule has 0 aliphatic heterocycles. The molecule has 132 valence electrons. The zero-order valence-electron chi connectivity index (χ0n) is 15.0. The molecule has 0 spiro atoms. The third kappa shape index (κ3) is 3.01. The number of nitrogens with one attached hydrogen (secondary N) is 1. The van der Waals surface area contributed by atoms with Crippen molar-refractivity contribution in [2.24, 2.45) is 5.92 Å². The van der Waals surface area contributed by atoms with Crippen molar-refractivity contribution >= 4 is 6.03 Å². The predicted octanol–water partition coefficient (Wildman–Crippen LogP) is 3.47. The molecule has 1 heterocycles. The zero-order valence-corrected chi connectivity index (χ0v) is 15.0. The van der Waals surface area contributed by atoms with Gasteiger partial charge in [0.1, 0.15) is 0 Å². The van der Waals surface area contributed by atoms with E-state index in [9.17, 15) is 4.79 Å². The van der Waals surface area contributed by atoms with Crippen molar-refractivity contribution in [1.29, 1.82) is 0 Å². The summed E-state index contributed by atoms with van der Waals surface area (Å²) in [5.41, 5.74) is 3.42. The Morgan fingerprint density at radius 1 is 1.36 bits per heavy atom. The number of benzene rings is 1. The van der Waals surface area contributed by atoms with E-state index in [0.717, 1.165) is 37.2 Å². The first-order valence-corrected chi connectivity index (χ1v) is 8.98. The Morgan fingerprint density at radius 2 is 2.16 bits per heavy atom. The van der Waals surface area contributed by atoms with Gasteiger partial charge in [0.05, 0.1) is 6.04 Å². The minimum Gasteiger partial charge on any atom is -0.339 e. The molecule has 4 rings (SSSR count). The maximum Gasteiger partial charge on any atom is 0.317 e. The van der Waals surface area contributed by atoms with Crippen LogP contribution in [0.4, 0.5) is 4.79 Å². The molecular weight excluding hydrogens is 316 g/mol. The quantitative estimate of drug-likeness (QED) is 0.928. The van der Waals surface area contributed by atoms with E-state index in [1.165, 1.54) is 11.1 Å². The molecule has 1 aromatic heterocycles. The van der Waals surface area contributed by atoms with E-state index >= 15 is 0 Å². The minimum absolute atomic E-state index is 0.0348. The molecular formula is C19H24N4O2. The van der Waals surface area contributed by atoms with Crippen LogP contribution in [0.25, 0.3) is 11.4 Å². The van der Waals surface area contributed by atoms with Crippen molar-refractivity contribution in [3.63, 3.8) is 0 Å². The highest BCUT2D eigenvalue weighted by Crippen LogP contribution is 2.35. The average molecular weight is 340 g/mol. The number of rotatable bonds is 3. The molecule has 1 aromatic carbocycles. The summed E-state index contributed by atoms with van der Waals surface area (Å²) in [4.78, 5) is 18.7. The number of carbonyl (C=O) groups is 1.